The van der Waals surface area contributed by atoms with Crippen molar-refractivity contribution in [1.29, 1.82) is 0 Å². The fourth-order valence-corrected chi connectivity index (χ4v) is 3.99. The summed E-state index contributed by atoms with van der Waals surface area (Å²) >= 11 is 3.12. The molecule has 1 aliphatic rings. The number of carbonyl (C=O) groups excluding carboxylic acids is 1. The topological polar surface area (TPSA) is 77.0 Å². The van der Waals surface area contributed by atoms with E-state index in [4.69, 9.17) is 5.73 Å². The summed E-state index contributed by atoms with van der Waals surface area (Å²) in [5.74, 6) is 5.88. The van der Waals surface area contributed by atoms with Gasteiger partial charge in [0.05, 0.1) is 23.4 Å². The van der Waals surface area contributed by atoms with E-state index in [-0.39, 0.29) is 29.4 Å². The summed E-state index contributed by atoms with van der Waals surface area (Å²) in [5, 5.41) is 4.31. The van der Waals surface area contributed by atoms with E-state index in [2.05, 4.69) is 37.9 Å². The minimum absolute atomic E-state index is 0.0115. The number of nitrogens with zero attached hydrogens (tertiary/aromatic N) is 4. The number of fused-ring (bicyclic) bond motifs is 1. The van der Waals surface area contributed by atoms with Crippen molar-refractivity contribution in [1.82, 2.24) is 14.8 Å². The molecule has 1 amide bonds. The van der Waals surface area contributed by atoms with Crippen LogP contribution < -0.4 is 10.6 Å². The molecule has 0 saturated heterocycles. The van der Waals surface area contributed by atoms with Gasteiger partial charge in [0.2, 0.25) is 0 Å². The molecule has 0 radical (unpaired) electrons. The SMILES string of the molecule is CC1CN(c2ccc(C(F)(F)F)c(CBr)c2)C(=O)c2c(C#Cc3ccc(N)nc3)cnn21. The van der Waals surface area contributed by atoms with Gasteiger partial charge in [-0.05, 0) is 42.8 Å². The van der Waals surface area contributed by atoms with Gasteiger partial charge in [-0.3, -0.25) is 9.48 Å². The highest BCUT2D eigenvalue weighted by Crippen LogP contribution is 2.36. The van der Waals surface area contributed by atoms with Crippen LogP contribution in [0, 0.1) is 11.8 Å². The van der Waals surface area contributed by atoms with Crippen LogP contribution in [0.2, 0.25) is 0 Å². The zero-order valence-corrected chi connectivity index (χ0v) is 18.4. The van der Waals surface area contributed by atoms with E-state index in [0.717, 1.165) is 6.07 Å². The van der Waals surface area contributed by atoms with E-state index in [1.54, 1.807) is 16.8 Å². The number of nitrogens with two attached hydrogens (primary N) is 1. The molecule has 1 unspecified atom stereocenters. The molecule has 1 aromatic carbocycles. The Morgan fingerprint density at radius 3 is 2.66 bits per heavy atom. The zero-order valence-electron chi connectivity index (χ0n) is 16.8. The smallest absolute Gasteiger partial charge is 0.384 e. The highest BCUT2D eigenvalue weighted by Gasteiger charge is 2.36. The summed E-state index contributed by atoms with van der Waals surface area (Å²) < 4.78 is 41.4. The van der Waals surface area contributed by atoms with E-state index in [9.17, 15) is 18.0 Å². The number of halogens is 4. The summed E-state index contributed by atoms with van der Waals surface area (Å²) in [4.78, 5) is 18.8. The maximum absolute atomic E-state index is 13.3. The standard InChI is InChI=1S/C22H17BrF3N5O/c1-13-12-30(17-5-6-18(22(24,25)26)16(8-17)9-23)21(32)20-15(11-29-31(13)20)4-2-14-3-7-19(27)28-10-14/h3,5-8,10-11,13H,9,12H2,1H3,(H2,27,28). The number of pyridine rings is 1. The molecule has 6 nitrogen and oxygen atoms in total. The van der Waals surface area contributed by atoms with Crippen molar-refractivity contribution < 1.29 is 18.0 Å². The Morgan fingerprint density at radius 1 is 1.22 bits per heavy atom. The second-order valence-corrected chi connectivity index (χ2v) is 7.87. The van der Waals surface area contributed by atoms with Crippen LogP contribution in [0.1, 0.15) is 45.7 Å². The van der Waals surface area contributed by atoms with Crippen LogP contribution in [0.25, 0.3) is 0 Å². The van der Waals surface area contributed by atoms with Crippen molar-refractivity contribution >= 4 is 33.3 Å². The molecule has 164 valence electrons. The molecular formula is C22H17BrF3N5O. The first kappa shape index (κ1) is 21.9. The van der Waals surface area contributed by atoms with Gasteiger partial charge in [0.1, 0.15) is 11.5 Å². The lowest BCUT2D eigenvalue weighted by Crippen LogP contribution is -2.43. The van der Waals surface area contributed by atoms with Gasteiger partial charge in [0.25, 0.3) is 5.91 Å². The van der Waals surface area contributed by atoms with Crippen molar-refractivity contribution in [2.24, 2.45) is 0 Å². The van der Waals surface area contributed by atoms with E-state index in [1.165, 1.54) is 29.4 Å². The number of alkyl halides is 4. The van der Waals surface area contributed by atoms with Crippen molar-refractivity contribution in [3.8, 4) is 11.8 Å². The van der Waals surface area contributed by atoms with Gasteiger partial charge < -0.3 is 10.6 Å². The fourth-order valence-electron chi connectivity index (χ4n) is 3.53. The molecule has 1 aliphatic heterocycles. The van der Waals surface area contributed by atoms with Crippen molar-refractivity contribution in [3.63, 3.8) is 0 Å². The van der Waals surface area contributed by atoms with Gasteiger partial charge in [-0.25, -0.2) is 4.98 Å². The predicted molar refractivity (Wildman–Crippen MR) is 117 cm³/mol. The molecule has 0 spiro atoms. The molecule has 3 heterocycles. The highest BCUT2D eigenvalue weighted by atomic mass is 79.9. The Bertz CT molecular complexity index is 1240. The van der Waals surface area contributed by atoms with Gasteiger partial charge in [0, 0.05) is 29.3 Å². The first-order valence-electron chi connectivity index (χ1n) is 9.58. The molecule has 3 aromatic rings. The molecule has 2 N–H and O–H groups in total. The average molecular weight is 504 g/mol. The third-order valence-electron chi connectivity index (χ3n) is 5.09. The van der Waals surface area contributed by atoms with Gasteiger partial charge >= 0.3 is 6.18 Å². The van der Waals surface area contributed by atoms with Gasteiger partial charge in [-0.15, -0.1) is 0 Å². The van der Waals surface area contributed by atoms with Gasteiger partial charge in [-0.1, -0.05) is 27.8 Å². The molecule has 0 aliphatic carbocycles. The number of anilines is 2. The zero-order chi connectivity index (χ0) is 23.0. The Kier molecular flexibility index (Phi) is 5.69. The first-order chi connectivity index (χ1) is 15.2. The van der Waals surface area contributed by atoms with Crippen LogP contribution in [0.15, 0.2) is 42.7 Å². The second kappa shape index (κ2) is 8.31. The highest BCUT2D eigenvalue weighted by molar-refractivity contribution is 9.08. The number of amides is 1. The van der Waals surface area contributed by atoms with Crippen molar-refractivity contribution in [2.45, 2.75) is 24.5 Å². The van der Waals surface area contributed by atoms with Gasteiger partial charge in [-0.2, -0.15) is 18.3 Å². The number of aromatic nitrogens is 3. The number of hydrogen-bond donors (Lipinski definition) is 1. The number of nitrogen functional groups attached to an aromatic ring is 1. The lowest BCUT2D eigenvalue weighted by molar-refractivity contribution is -0.138. The van der Waals surface area contributed by atoms with Crippen LogP contribution >= 0.6 is 15.9 Å². The van der Waals surface area contributed by atoms with E-state index in [1.807, 2.05) is 6.92 Å². The molecule has 10 heteroatoms. The summed E-state index contributed by atoms with van der Waals surface area (Å²) in [6.07, 6.45) is -1.43. The molecule has 32 heavy (non-hydrogen) atoms. The van der Waals surface area contributed by atoms with E-state index in [0.29, 0.717) is 28.3 Å². The molecule has 4 rings (SSSR count). The van der Waals surface area contributed by atoms with Crippen LogP contribution in [-0.2, 0) is 11.5 Å². The van der Waals surface area contributed by atoms with Crippen LogP contribution in [0.3, 0.4) is 0 Å². The van der Waals surface area contributed by atoms with Crippen LogP contribution in [0.4, 0.5) is 24.7 Å². The van der Waals surface area contributed by atoms with E-state index >= 15 is 0 Å². The monoisotopic (exact) mass is 503 g/mol. The molecule has 1 atom stereocenters. The number of carbonyl (C=O) groups is 1. The predicted octanol–water partition coefficient (Wildman–Crippen LogP) is 4.40. The average Bonchev–Trinajstić information content (AvgIpc) is 3.20. The summed E-state index contributed by atoms with van der Waals surface area (Å²) in [6.45, 7) is 2.15. The Balaban J connectivity index is 1.71. The maximum Gasteiger partial charge on any atom is 0.416 e. The molecule has 2 aromatic heterocycles. The minimum Gasteiger partial charge on any atom is -0.384 e. The lowest BCUT2D eigenvalue weighted by atomic mass is 10.0. The first-order valence-corrected chi connectivity index (χ1v) is 10.7. The van der Waals surface area contributed by atoms with Crippen molar-refractivity contribution in [3.05, 3.63) is 70.7 Å². The Labute approximate surface area is 190 Å². The molecule has 0 fully saturated rings. The number of rotatable bonds is 2. The van der Waals surface area contributed by atoms with E-state index < -0.39 is 11.7 Å². The summed E-state index contributed by atoms with van der Waals surface area (Å²) in [5.41, 5.74) is 6.63. The third kappa shape index (κ3) is 4.08. The Morgan fingerprint density at radius 2 is 2.00 bits per heavy atom. The second-order valence-electron chi connectivity index (χ2n) is 7.31. The van der Waals surface area contributed by atoms with Gasteiger partial charge in [0.15, 0.2) is 0 Å². The molecule has 0 saturated carbocycles. The summed E-state index contributed by atoms with van der Waals surface area (Å²) in [6, 6.07) is 6.86. The van der Waals surface area contributed by atoms with Crippen LogP contribution in [-0.4, -0.2) is 27.2 Å². The van der Waals surface area contributed by atoms with Crippen molar-refractivity contribution in [2.75, 3.05) is 17.2 Å². The normalized spacial score (nSPS) is 15.8. The third-order valence-corrected chi connectivity index (χ3v) is 5.69. The molecular weight excluding hydrogens is 487 g/mol. The summed E-state index contributed by atoms with van der Waals surface area (Å²) in [7, 11) is 0. The lowest BCUT2D eigenvalue weighted by Gasteiger charge is -2.32. The van der Waals surface area contributed by atoms with Crippen LogP contribution in [0.5, 0.6) is 0 Å². The quantitative estimate of drug-likeness (QED) is 0.415. The molecule has 0 bridgehead atoms. The minimum atomic E-state index is -4.47. The largest absolute Gasteiger partial charge is 0.416 e. The Hall–Kier alpha value is -3.32. The fraction of sp³-hybridized carbons (Fsp3) is 0.227. The number of hydrogen-bond acceptors (Lipinski definition) is 4. The number of benzene rings is 1. The maximum atomic E-state index is 13.3.